The molecule has 28 heteroatoms. The first-order valence-corrected chi connectivity index (χ1v) is 19.7. The van der Waals surface area contributed by atoms with Crippen LogP contribution in [0, 0.1) is 0 Å². The third-order valence-electron chi connectivity index (χ3n) is 9.08. The first-order valence-electron chi connectivity index (χ1n) is 19.7. The molecule has 2 heterocycles. The zero-order valence-corrected chi connectivity index (χ0v) is 34.7. The summed E-state index contributed by atoms with van der Waals surface area (Å²) in [5.41, 5.74) is 13.7. The van der Waals surface area contributed by atoms with Crippen LogP contribution in [0.1, 0.15) is 62.4 Å². The van der Waals surface area contributed by atoms with Gasteiger partial charge in [-0.1, -0.05) is 12.1 Å². The summed E-state index contributed by atoms with van der Waals surface area (Å²) in [6, 6.07) is -1.46. The minimum Gasteiger partial charge on any atom is -0.481 e. The monoisotopic (exact) mass is 917 g/mol. The predicted molar refractivity (Wildman–Crippen MR) is 223 cm³/mol. The molecule has 0 aliphatic heterocycles. The summed E-state index contributed by atoms with van der Waals surface area (Å²) in [4.78, 5) is 130. The van der Waals surface area contributed by atoms with E-state index >= 15 is 0 Å². The van der Waals surface area contributed by atoms with Crippen molar-refractivity contribution in [1.82, 2.24) is 46.7 Å². The van der Waals surface area contributed by atoms with Crippen LogP contribution in [-0.2, 0) is 49.7 Å². The van der Waals surface area contributed by atoms with Gasteiger partial charge in [0.1, 0.15) is 30.4 Å². The number of carboxylic acids is 4. The molecule has 6 atom stereocenters. The minimum absolute atomic E-state index is 0.0269. The van der Waals surface area contributed by atoms with Crippen LogP contribution < -0.4 is 54.4 Å². The lowest BCUT2D eigenvalue weighted by atomic mass is 10.1. The highest BCUT2D eigenvalue weighted by Gasteiger charge is 2.31. The fraction of sp³-hybridized carbons (Fsp3) is 0.459. The molecule has 2 aromatic heterocycles. The number of primary amides is 1. The SMILES string of the molecule is CNc1nc2ncc(CNc3ccc(C(O)N[C@H](CCC(=O)N[C@H](CC(=O)O)C(=O)NC(CCCN)C(=O)N[C@@H](CON[C@H](CC(=O)O)C(N)=O)CC(=O)O)C(=O)O)cc3)nc2c(=O)[nH]1. The molecule has 17 N–H and O–H groups in total. The van der Waals surface area contributed by atoms with Gasteiger partial charge in [0.2, 0.25) is 29.6 Å². The molecule has 0 saturated carbocycles. The van der Waals surface area contributed by atoms with Gasteiger partial charge in [-0.25, -0.2) is 9.97 Å². The molecule has 0 radical (unpaired) electrons. The first-order chi connectivity index (χ1) is 30.8. The molecule has 0 aliphatic rings. The van der Waals surface area contributed by atoms with E-state index in [2.05, 4.69) is 57.3 Å². The number of aromatic nitrogens is 4. The lowest BCUT2D eigenvalue weighted by Gasteiger charge is -2.25. The molecule has 1 aromatic carbocycles. The van der Waals surface area contributed by atoms with Crippen molar-refractivity contribution < 1.29 is 68.7 Å². The van der Waals surface area contributed by atoms with Crippen molar-refractivity contribution in [1.29, 1.82) is 0 Å². The Morgan fingerprint density at radius 1 is 0.815 bits per heavy atom. The van der Waals surface area contributed by atoms with Crippen LogP contribution in [-0.4, -0.2) is 143 Å². The zero-order valence-electron chi connectivity index (χ0n) is 34.7. The number of rotatable bonds is 30. The van der Waals surface area contributed by atoms with Crippen molar-refractivity contribution >= 4 is 70.3 Å². The van der Waals surface area contributed by atoms with Crippen molar-refractivity contribution in [3.63, 3.8) is 0 Å². The Morgan fingerprint density at radius 2 is 1.46 bits per heavy atom. The van der Waals surface area contributed by atoms with Crippen LogP contribution >= 0.6 is 0 Å². The normalized spacial score (nSPS) is 13.8. The number of nitrogens with zero attached hydrogens (tertiary/aromatic N) is 3. The summed E-state index contributed by atoms with van der Waals surface area (Å²) in [5.74, 6) is -9.76. The highest BCUT2D eigenvalue weighted by Crippen LogP contribution is 2.17. The lowest BCUT2D eigenvalue weighted by Crippen LogP contribution is -2.56. The van der Waals surface area contributed by atoms with Crippen LogP contribution in [0.4, 0.5) is 11.6 Å². The van der Waals surface area contributed by atoms with Crippen molar-refractivity contribution in [3.05, 3.63) is 52.1 Å². The number of hydroxylamine groups is 1. The van der Waals surface area contributed by atoms with Crippen LogP contribution in [0.25, 0.3) is 11.2 Å². The summed E-state index contributed by atoms with van der Waals surface area (Å²) in [7, 11) is 1.59. The van der Waals surface area contributed by atoms with Gasteiger partial charge in [0, 0.05) is 19.2 Å². The molecule has 0 saturated heterocycles. The number of carbonyl (C=O) groups is 8. The molecule has 4 amide bonds. The van der Waals surface area contributed by atoms with Gasteiger partial charge in [-0.3, -0.25) is 58.3 Å². The maximum Gasteiger partial charge on any atom is 0.320 e. The molecule has 28 nitrogen and oxygen atoms in total. The number of aliphatic hydroxyl groups is 1. The molecule has 0 aliphatic carbocycles. The maximum atomic E-state index is 13.3. The zero-order chi connectivity index (χ0) is 48.2. The molecule has 2 unspecified atom stereocenters. The number of fused-ring (bicyclic) bond motifs is 1. The van der Waals surface area contributed by atoms with E-state index in [1.807, 2.05) is 0 Å². The molecule has 354 valence electrons. The molecular weight excluding hydrogens is 866 g/mol. The fourth-order valence-corrected chi connectivity index (χ4v) is 5.78. The Labute approximate surface area is 367 Å². The second-order valence-electron chi connectivity index (χ2n) is 14.2. The van der Waals surface area contributed by atoms with Gasteiger partial charge in [0.25, 0.3) is 5.56 Å². The van der Waals surface area contributed by atoms with Crippen LogP contribution in [0.3, 0.4) is 0 Å². The molecule has 65 heavy (non-hydrogen) atoms. The fourth-order valence-electron chi connectivity index (χ4n) is 5.78. The van der Waals surface area contributed by atoms with E-state index in [4.69, 9.17) is 21.4 Å². The number of carboxylic acid groups (broad SMARTS) is 4. The van der Waals surface area contributed by atoms with Crippen molar-refractivity contribution in [3.8, 4) is 0 Å². The third kappa shape index (κ3) is 17.7. The van der Waals surface area contributed by atoms with Crippen LogP contribution in [0.5, 0.6) is 0 Å². The lowest BCUT2D eigenvalue weighted by molar-refractivity contribution is -0.142. The smallest absolute Gasteiger partial charge is 0.320 e. The second-order valence-corrected chi connectivity index (χ2v) is 14.2. The summed E-state index contributed by atoms with van der Waals surface area (Å²) >= 11 is 0. The van der Waals surface area contributed by atoms with E-state index in [-0.39, 0.29) is 48.6 Å². The van der Waals surface area contributed by atoms with E-state index in [9.17, 15) is 63.6 Å². The Bertz CT molecular complexity index is 2230. The van der Waals surface area contributed by atoms with Crippen LogP contribution in [0.15, 0.2) is 35.3 Å². The summed E-state index contributed by atoms with van der Waals surface area (Å²) < 4.78 is 0. The van der Waals surface area contributed by atoms with E-state index < -0.39 is 128 Å². The molecule has 3 aromatic rings. The van der Waals surface area contributed by atoms with Gasteiger partial charge in [0.05, 0.1) is 50.3 Å². The number of benzene rings is 1. The molecule has 3 rings (SSSR count). The van der Waals surface area contributed by atoms with Crippen molar-refractivity contribution in [2.45, 2.75) is 87.9 Å². The van der Waals surface area contributed by atoms with E-state index in [1.165, 1.54) is 18.3 Å². The Hall–Kier alpha value is -7.40. The van der Waals surface area contributed by atoms with Gasteiger partial charge in [-0.2, -0.15) is 10.5 Å². The highest BCUT2D eigenvalue weighted by atomic mass is 16.6. The molecule has 0 bridgehead atoms. The number of H-pyrrole nitrogens is 1. The number of amides is 4. The molecule has 0 fully saturated rings. The minimum atomic E-state index is -1.79. The van der Waals surface area contributed by atoms with Gasteiger partial charge >= 0.3 is 23.9 Å². The molecular formula is C37H51N13O15. The Balaban J connectivity index is 1.59. The number of anilines is 2. The van der Waals surface area contributed by atoms with Crippen LogP contribution in [0.2, 0.25) is 0 Å². The van der Waals surface area contributed by atoms with Crippen molar-refractivity contribution in [2.24, 2.45) is 11.5 Å². The van der Waals surface area contributed by atoms with Crippen molar-refractivity contribution in [2.75, 3.05) is 30.8 Å². The van der Waals surface area contributed by atoms with Gasteiger partial charge in [-0.05, 0) is 43.5 Å². The Morgan fingerprint density at radius 3 is 2.06 bits per heavy atom. The number of aliphatic carboxylic acids is 4. The molecule has 0 spiro atoms. The number of aromatic amines is 1. The van der Waals surface area contributed by atoms with E-state index in [0.717, 1.165) is 0 Å². The number of nitrogens with two attached hydrogens (primary N) is 2. The predicted octanol–water partition coefficient (Wildman–Crippen LogP) is -3.83. The summed E-state index contributed by atoms with van der Waals surface area (Å²) in [6.45, 7) is -0.446. The highest BCUT2D eigenvalue weighted by molar-refractivity contribution is 5.94. The number of aliphatic hydroxyl groups excluding tert-OH is 1. The van der Waals surface area contributed by atoms with Gasteiger partial charge in [-0.15, -0.1) is 0 Å². The first kappa shape index (κ1) is 51.9. The standard InChI is InChI=1S/C37H51N13O15/c1-40-37-48-31-29(35(62)49-37)43-20(15-42-31)14-41-18-6-4-17(5-7-18)32(59)47-22(36(63)64)8-9-25(51)45-24(13-28(56)57)34(61)46-21(3-2-10-38)33(60)44-19(11-26(52)53)16-65-50-23(30(39)58)12-27(54)55/h4-7,15,19,21-24,32,41,47,50,59H,2-3,8-14,16,38H2,1H3,(H2,39,58)(H,44,60)(H,45,51)(H,46,61)(H,52,53)(H,54,55)(H,56,57)(H,63,64)(H2,40,42,48,49,62)/t19-,21?,22-,23-,24-,32?/m1/s1. The second kappa shape index (κ2) is 25.6. The van der Waals surface area contributed by atoms with Gasteiger partial charge in [0.15, 0.2) is 11.2 Å². The topological polar surface area (TPSA) is 455 Å². The average Bonchev–Trinajstić information content (AvgIpc) is 3.24. The average molecular weight is 918 g/mol. The number of hydrogen-bond donors (Lipinski definition) is 15. The number of carbonyl (C=O) groups excluding carboxylic acids is 4. The number of hydrogen-bond acceptors (Lipinski definition) is 19. The van der Waals surface area contributed by atoms with Gasteiger partial charge < -0.3 is 63.6 Å². The maximum absolute atomic E-state index is 13.3. The quantitative estimate of drug-likeness (QED) is 0.0225. The Kier molecular flexibility index (Phi) is 20.5. The number of nitrogens with one attached hydrogen (secondary N) is 8. The van der Waals surface area contributed by atoms with E-state index in [0.29, 0.717) is 11.4 Å². The van der Waals surface area contributed by atoms with E-state index in [1.54, 1.807) is 19.2 Å². The third-order valence-corrected chi connectivity index (χ3v) is 9.08. The summed E-state index contributed by atoms with van der Waals surface area (Å²) in [6.07, 6.45) is -3.63. The summed E-state index contributed by atoms with van der Waals surface area (Å²) in [5, 5.41) is 63.6. The largest absolute Gasteiger partial charge is 0.481 e.